The Morgan fingerprint density at radius 1 is 1.12 bits per heavy atom. The summed E-state index contributed by atoms with van der Waals surface area (Å²) < 4.78 is 10.4. The molecule has 8 N–H and O–H groups in total. The summed E-state index contributed by atoms with van der Waals surface area (Å²) in [4.78, 5) is 34.6. The number of benzene rings is 2. The Balaban J connectivity index is 1.42. The molecule has 0 saturated carbocycles. The van der Waals surface area contributed by atoms with Crippen LogP contribution in [-0.2, 0) is 27.2 Å². The molecule has 0 radical (unpaired) electrons. The van der Waals surface area contributed by atoms with Crippen molar-refractivity contribution in [2.24, 2.45) is 9.98 Å². The number of hydrogen-bond acceptors (Lipinski definition) is 13. The molecule has 1 fully saturated rings. The maximum absolute atomic E-state index is 13.4. The van der Waals surface area contributed by atoms with E-state index in [9.17, 15) is 50.4 Å². The molecule has 2 aromatic rings. The second-order valence-electron chi connectivity index (χ2n) is 10.2. The van der Waals surface area contributed by atoms with E-state index in [-0.39, 0.29) is 23.4 Å². The van der Waals surface area contributed by atoms with E-state index in [0.717, 1.165) is 23.1 Å². The molecule has 1 saturated heterocycles. The monoisotopic (exact) mass is 599 g/mol. The number of phenolic OH excluding ortho intramolecular Hbond substituents is 2. The molecule has 6 atom stereocenters. The first-order valence-corrected chi connectivity index (χ1v) is 13.1. The van der Waals surface area contributed by atoms with Crippen molar-refractivity contribution in [3.63, 3.8) is 0 Å². The Labute approximate surface area is 243 Å². The topological polar surface area (TPSA) is 242 Å². The maximum atomic E-state index is 13.4. The van der Waals surface area contributed by atoms with E-state index in [1.165, 1.54) is 12.1 Å². The van der Waals surface area contributed by atoms with Crippen LogP contribution in [0.1, 0.15) is 16.7 Å². The Morgan fingerprint density at radius 2 is 1.88 bits per heavy atom. The van der Waals surface area contributed by atoms with Crippen LogP contribution in [0.15, 0.2) is 46.4 Å². The lowest BCUT2D eigenvalue weighted by Crippen LogP contribution is -2.67. The average Bonchev–Trinajstić information content (AvgIpc) is 3.62. The number of aliphatic carboxylic acids is 1. The van der Waals surface area contributed by atoms with E-state index in [1.54, 1.807) is 18.3 Å². The van der Waals surface area contributed by atoms with Crippen LogP contribution in [0.25, 0.3) is 6.08 Å². The minimum absolute atomic E-state index is 0.00738. The number of aliphatic hydroxyl groups is 5. The summed E-state index contributed by atoms with van der Waals surface area (Å²) in [5.41, 5.74) is 2.02. The molecule has 228 valence electrons. The standard InChI is InChI=1S/C28H29N3O12/c32-11-22-24(36)25(37)26(38)28(41,43-22)42-21-9-17-14(8-20(21)34)7-18(27(39)40)31(17)23(35)4-2-13-1-3-19(33)15(5-13)6-16-10-29-12-30-16/h1-5,8-10,18,22,24-26,32-34,36-38,41H,6-7,11-12H2,(H,39,40)/b4-2+/t18-,22-,24-,25+,26-,28+/m1/s1. The maximum Gasteiger partial charge on any atom is 0.355 e. The number of anilines is 1. The Bertz CT molecular complexity index is 1520. The highest BCUT2D eigenvalue weighted by Gasteiger charge is 2.55. The number of aromatic hydroxyl groups is 2. The molecular weight excluding hydrogens is 570 g/mol. The second kappa shape index (κ2) is 11.7. The van der Waals surface area contributed by atoms with E-state index in [0.29, 0.717) is 29.9 Å². The van der Waals surface area contributed by atoms with Gasteiger partial charge in [0, 0.05) is 36.8 Å². The van der Waals surface area contributed by atoms with Gasteiger partial charge in [-0.15, -0.1) is 0 Å². The lowest BCUT2D eigenvalue weighted by atomic mass is 9.98. The van der Waals surface area contributed by atoms with Gasteiger partial charge in [-0.25, -0.2) is 4.79 Å². The van der Waals surface area contributed by atoms with E-state index in [2.05, 4.69) is 9.98 Å². The van der Waals surface area contributed by atoms with Crippen LogP contribution >= 0.6 is 0 Å². The summed E-state index contributed by atoms with van der Waals surface area (Å²) in [5.74, 6) is -6.29. The molecule has 2 aromatic carbocycles. The fourth-order valence-corrected chi connectivity index (χ4v) is 5.09. The van der Waals surface area contributed by atoms with Gasteiger partial charge in [0.15, 0.2) is 17.6 Å². The number of carboxylic acids is 1. The predicted octanol–water partition coefficient (Wildman–Crippen LogP) is -1.32. The van der Waals surface area contributed by atoms with Crippen LogP contribution in [0.5, 0.6) is 17.2 Å². The van der Waals surface area contributed by atoms with Gasteiger partial charge in [-0.05, 0) is 35.4 Å². The number of amides is 1. The molecular formula is C28H29N3O12. The minimum atomic E-state index is -3.05. The number of aliphatic hydroxyl groups excluding tert-OH is 4. The zero-order chi connectivity index (χ0) is 31.1. The Kier molecular flexibility index (Phi) is 8.20. The van der Waals surface area contributed by atoms with E-state index < -0.39 is 66.4 Å². The Hall–Kier alpha value is -4.38. The number of fused-ring (bicyclic) bond motifs is 1. The normalized spacial score (nSPS) is 28.3. The first-order chi connectivity index (χ1) is 20.4. The Morgan fingerprint density at radius 3 is 2.56 bits per heavy atom. The molecule has 43 heavy (non-hydrogen) atoms. The number of phenols is 2. The fourth-order valence-electron chi connectivity index (χ4n) is 5.09. The van der Waals surface area contributed by atoms with Crippen molar-refractivity contribution in [1.29, 1.82) is 0 Å². The van der Waals surface area contributed by atoms with Crippen LogP contribution in [0, 0.1) is 0 Å². The van der Waals surface area contributed by atoms with Gasteiger partial charge in [-0.1, -0.05) is 6.07 Å². The van der Waals surface area contributed by atoms with Crippen molar-refractivity contribution in [2.45, 2.75) is 49.3 Å². The predicted molar refractivity (Wildman–Crippen MR) is 148 cm³/mol. The summed E-state index contributed by atoms with van der Waals surface area (Å²) in [6, 6.07) is 5.46. The van der Waals surface area contributed by atoms with Crippen molar-refractivity contribution in [2.75, 3.05) is 18.2 Å². The van der Waals surface area contributed by atoms with Gasteiger partial charge >= 0.3 is 11.9 Å². The highest BCUT2D eigenvalue weighted by Crippen LogP contribution is 2.43. The van der Waals surface area contributed by atoms with E-state index in [4.69, 9.17) is 9.47 Å². The zero-order valence-corrected chi connectivity index (χ0v) is 22.4. The van der Waals surface area contributed by atoms with Gasteiger partial charge in [0.05, 0.1) is 18.0 Å². The van der Waals surface area contributed by atoms with Crippen LogP contribution in [0.4, 0.5) is 5.69 Å². The van der Waals surface area contributed by atoms with Gasteiger partial charge in [-0.3, -0.25) is 19.7 Å². The fraction of sp³-hybridized carbons (Fsp3) is 0.357. The number of hydrogen-bond donors (Lipinski definition) is 8. The SMILES string of the molecule is O=C(O)[C@H]1Cc2cc(O)c(O[C@]3(O)O[C@H](CO)[C@@H](O)[C@H](O)[C@H]3O)cc2N1C(=O)/C=C/c1ccc(O)c(CC2=NCN=C2)c1. The molecule has 1 amide bonds. The van der Waals surface area contributed by atoms with E-state index >= 15 is 0 Å². The highest BCUT2D eigenvalue weighted by molar-refractivity contribution is 6.32. The molecule has 0 unspecified atom stereocenters. The molecule has 3 aliphatic rings. The number of aliphatic imine (C=N–C) groups is 2. The third-order valence-electron chi connectivity index (χ3n) is 7.34. The van der Waals surface area contributed by atoms with Gasteiger partial charge in [-0.2, -0.15) is 0 Å². The van der Waals surface area contributed by atoms with Crippen molar-refractivity contribution in [3.8, 4) is 17.2 Å². The summed E-state index contributed by atoms with van der Waals surface area (Å²) in [6.07, 6.45) is -3.30. The lowest BCUT2D eigenvalue weighted by molar-refractivity contribution is -0.422. The van der Waals surface area contributed by atoms with Crippen molar-refractivity contribution >= 4 is 35.6 Å². The summed E-state index contributed by atoms with van der Waals surface area (Å²) in [5, 5.41) is 81.3. The van der Waals surface area contributed by atoms with E-state index in [1.807, 2.05) is 0 Å². The van der Waals surface area contributed by atoms with Crippen LogP contribution in [0.2, 0.25) is 0 Å². The first-order valence-electron chi connectivity index (χ1n) is 13.1. The van der Waals surface area contributed by atoms with Crippen molar-refractivity contribution in [3.05, 3.63) is 53.1 Å². The lowest BCUT2D eigenvalue weighted by Gasteiger charge is -2.44. The molecule has 15 nitrogen and oxygen atoms in total. The van der Waals surface area contributed by atoms with Gasteiger partial charge in [0.25, 0.3) is 5.91 Å². The molecule has 5 rings (SSSR count). The first kappa shape index (κ1) is 30.1. The van der Waals surface area contributed by atoms with Gasteiger partial charge in [0.2, 0.25) is 0 Å². The number of ether oxygens (including phenoxy) is 2. The number of carbonyl (C=O) groups is 2. The number of carboxylic acid groups (broad SMARTS) is 1. The quantitative estimate of drug-likeness (QED) is 0.130. The number of carbonyl (C=O) groups excluding carboxylic acids is 1. The smallest absolute Gasteiger partial charge is 0.355 e. The van der Waals surface area contributed by atoms with Crippen LogP contribution in [-0.4, -0.2) is 114 Å². The molecule has 3 heterocycles. The highest BCUT2D eigenvalue weighted by atomic mass is 16.8. The summed E-state index contributed by atoms with van der Waals surface area (Å²) in [6.45, 7) is -0.550. The van der Waals surface area contributed by atoms with Crippen molar-refractivity contribution < 1.29 is 59.9 Å². The van der Waals surface area contributed by atoms with Crippen LogP contribution in [0.3, 0.4) is 0 Å². The molecule has 0 aliphatic carbocycles. The molecule has 0 bridgehead atoms. The third kappa shape index (κ3) is 5.81. The largest absolute Gasteiger partial charge is 0.508 e. The van der Waals surface area contributed by atoms with Crippen molar-refractivity contribution in [1.82, 2.24) is 0 Å². The van der Waals surface area contributed by atoms with Crippen LogP contribution < -0.4 is 9.64 Å². The molecule has 0 aromatic heterocycles. The third-order valence-corrected chi connectivity index (χ3v) is 7.34. The second-order valence-corrected chi connectivity index (χ2v) is 10.2. The average molecular weight is 600 g/mol. The van der Waals surface area contributed by atoms with Gasteiger partial charge in [0.1, 0.15) is 36.8 Å². The summed E-state index contributed by atoms with van der Waals surface area (Å²) >= 11 is 0. The van der Waals surface area contributed by atoms with Gasteiger partial charge < -0.3 is 50.3 Å². The molecule has 0 spiro atoms. The molecule has 3 aliphatic heterocycles. The number of nitrogens with zero attached hydrogens (tertiary/aromatic N) is 3. The number of rotatable bonds is 8. The zero-order valence-electron chi connectivity index (χ0n) is 22.4. The minimum Gasteiger partial charge on any atom is -0.508 e. The molecule has 15 heteroatoms. The summed E-state index contributed by atoms with van der Waals surface area (Å²) in [7, 11) is 0.